The van der Waals surface area contributed by atoms with Gasteiger partial charge in [0.05, 0.1) is 6.54 Å². The first-order valence-corrected chi connectivity index (χ1v) is 7.59. The molecular weight excluding hydrogens is 288 g/mol. The van der Waals surface area contributed by atoms with E-state index >= 15 is 0 Å². The van der Waals surface area contributed by atoms with Crippen LogP contribution in [0.1, 0.15) is 11.1 Å². The van der Waals surface area contributed by atoms with Crippen LogP contribution in [0.5, 0.6) is 0 Å². The van der Waals surface area contributed by atoms with Crippen LogP contribution < -0.4 is 5.32 Å². The van der Waals surface area contributed by atoms with Crippen molar-refractivity contribution in [3.05, 3.63) is 59.7 Å². The number of aryl methyl sites for hydroxylation is 1. The van der Waals surface area contributed by atoms with E-state index in [9.17, 15) is 0 Å². The Hall–Kier alpha value is -2.95. The molecule has 23 heavy (non-hydrogen) atoms. The van der Waals surface area contributed by atoms with Crippen LogP contribution in [0.25, 0.3) is 22.8 Å². The van der Waals surface area contributed by atoms with Crippen LogP contribution in [0.3, 0.4) is 0 Å². The highest BCUT2D eigenvalue weighted by molar-refractivity contribution is 6.00. The number of hydrogen-bond donors (Lipinski definition) is 1. The lowest BCUT2D eigenvalue weighted by Gasteiger charge is -2.02. The summed E-state index contributed by atoms with van der Waals surface area (Å²) in [4.78, 5) is 8.90. The van der Waals surface area contributed by atoms with Gasteiger partial charge in [-0.15, -0.1) is 0 Å². The summed E-state index contributed by atoms with van der Waals surface area (Å²) in [6.07, 6.45) is 0. The van der Waals surface area contributed by atoms with E-state index in [0.717, 1.165) is 35.6 Å². The third-order valence-electron chi connectivity index (χ3n) is 3.82. The van der Waals surface area contributed by atoms with Crippen molar-refractivity contribution in [2.75, 3.05) is 13.1 Å². The molecule has 5 heteroatoms. The van der Waals surface area contributed by atoms with Gasteiger partial charge in [-0.05, 0) is 19.1 Å². The molecule has 0 saturated heterocycles. The van der Waals surface area contributed by atoms with E-state index < -0.39 is 0 Å². The van der Waals surface area contributed by atoms with Gasteiger partial charge in [0.25, 0.3) is 5.89 Å². The Balaban J connectivity index is 1.60. The molecule has 2 heterocycles. The first kappa shape index (κ1) is 13.7. The van der Waals surface area contributed by atoms with Gasteiger partial charge in [-0.3, -0.25) is 4.99 Å². The van der Waals surface area contributed by atoms with Gasteiger partial charge in [-0.1, -0.05) is 47.1 Å². The molecule has 114 valence electrons. The van der Waals surface area contributed by atoms with Crippen LogP contribution in [-0.4, -0.2) is 29.1 Å². The lowest BCUT2D eigenvalue weighted by Crippen LogP contribution is -2.19. The predicted octanol–water partition coefficient (Wildman–Crippen LogP) is 3.06. The maximum Gasteiger partial charge on any atom is 0.258 e. The molecule has 0 atom stereocenters. The van der Waals surface area contributed by atoms with Crippen molar-refractivity contribution in [3.63, 3.8) is 0 Å². The van der Waals surface area contributed by atoms with Gasteiger partial charge in [0, 0.05) is 23.2 Å². The second kappa shape index (κ2) is 5.68. The number of nitrogens with one attached hydrogen (secondary N) is 1. The summed E-state index contributed by atoms with van der Waals surface area (Å²) >= 11 is 0. The average Bonchev–Trinajstić information content (AvgIpc) is 3.28. The molecule has 0 aliphatic carbocycles. The van der Waals surface area contributed by atoms with Gasteiger partial charge in [0.2, 0.25) is 5.82 Å². The molecule has 1 aliphatic rings. The molecule has 2 aromatic carbocycles. The van der Waals surface area contributed by atoms with E-state index in [2.05, 4.69) is 20.4 Å². The lowest BCUT2D eigenvalue weighted by molar-refractivity contribution is 0.432. The van der Waals surface area contributed by atoms with E-state index in [-0.39, 0.29) is 0 Å². The fourth-order valence-corrected chi connectivity index (χ4v) is 2.52. The number of benzene rings is 2. The molecular formula is C18H16N4O. The van der Waals surface area contributed by atoms with Crippen LogP contribution in [0, 0.1) is 6.92 Å². The predicted molar refractivity (Wildman–Crippen MR) is 89.3 cm³/mol. The Morgan fingerprint density at radius 2 is 1.61 bits per heavy atom. The van der Waals surface area contributed by atoms with Crippen LogP contribution in [0.4, 0.5) is 0 Å². The zero-order valence-corrected chi connectivity index (χ0v) is 12.8. The van der Waals surface area contributed by atoms with Crippen molar-refractivity contribution in [2.45, 2.75) is 6.92 Å². The van der Waals surface area contributed by atoms with Gasteiger partial charge < -0.3 is 9.84 Å². The summed E-state index contributed by atoms with van der Waals surface area (Å²) < 4.78 is 5.38. The molecule has 0 saturated carbocycles. The van der Waals surface area contributed by atoms with Crippen molar-refractivity contribution in [2.24, 2.45) is 4.99 Å². The standard InChI is InChI=1S/C18H16N4O/c1-12-2-4-15(5-3-12)18-21-17(22-23-18)14-8-6-13(7-9-14)16-19-10-11-20-16/h2-9H,10-11H2,1H3,(H,19,20). The first-order chi connectivity index (χ1) is 11.3. The van der Waals surface area contributed by atoms with E-state index in [1.807, 2.05) is 55.5 Å². The van der Waals surface area contributed by atoms with Crippen LogP contribution >= 0.6 is 0 Å². The third kappa shape index (κ3) is 2.73. The molecule has 0 radical (unpaired) electrons. The van der Waals surface area contributed by atoms with Crippen molar-refractivity contribution >= 4 is 5.84 Å². The summed E-state index contributed by atoms with van der Waals surface area (Å²) in [5.41, 5.74) is 4.13. The minimum Gasteiger partial charge on any atom is -0.368 e. The number of rotatable bonds is 3. The summed E-state index contributed by atoms with van der Waals surface area (Å²) in [5.74, 6) is 2.07. The number of hydrogen-bond acceptors (Lipinski definition) is 5. The fraction of sp³-hybridized carbons (Fsp3) is 0.167. The second-order valence-electron chi connectivity index (χ2n) is 5.52. The summed E-state index contributed by atoms with van der Waals surface area (Å²) in [7, 11) is 0. The molecule has 0 amide bonds. The molecule has 1 aromatic heterocycles. The van der Waals surface area contributed by atoms with E-state index in [4.69, 9.17) is 4.52 Å². The van der Waals surface area contributed by atoms with E-state index in [0.29, 0.717) is 11.7 Å². The highest BCUT2D eigenvalue weighted by Gasteiger charge is 2.12. The van der Waals surface area contributed by atoms with Gasteiger partial charge in [0.15, 0.2) is 0 Å². The zero-order valence-electron chi connectivity index (χ0n) is 12.8. The minimum atomic E-state index is 0.533. The monoisotopic (exact) mass is 304 g/mol. The molecule has 1 N–H and O–H groups in total. The van der Waals surface area contributed by atoms with Crippen molar-refractivity contribution in [1.82, 2.24) is 15.5 Å². The normalized spacial score (nSPS) is 13.7. The fourth-order valence-electron chi connectivity index (χ4n) is 2.52. The quantitative estimate of drug-likeness (QED) is 0.807. The Morgan fingerprint density at radius 3 is 2.30 bits per heavy atom. The third-order valence-corrected chi connectivity index (χ3v) is 3.82. The molecule has 4 rings (SSSR count). The smallest absolute Gasteiger partial charge is 0.258 e. The van der Waals surface area contributed by atoms with E-state index in [1.54, 1.807) is 0 Å². The SMILES string of the molecule is Cc1ccc(-c2nc(-c3ccc(C4=NCCN4)cc3)no2)cc1. The van der Waals surface area contributed by atoms with E-state index in [1.165, 1.54) is 5.56 Å². The zero-order chi connectivity index (χ0) is 15.6. The highest BCUT2D eigenvalue weighted by Crippen LogP contribution is 2.23. The highest BCUT2D eigenvalue weighted by atomic mass is 16.5. The van der Waals surface area contributed by atoms with Crippen molar-refractivity contribution in [1.29, 1.82) is 0 Å². The van der Waals surface area contributed by atoms with Crippen molar-refractivity contribution in [3.8, 4) is 22.8 Å². The molecule has 1 aliphatic heterocycles. The minimum absolute atomic E-state index is 0.533. The molecule has 0 fully saturated rings. The topological polar surface area (TPSA) is 63.3 Å². The van der Waals surface area contributed by atoms with Crippen LogP contribution in [0.15, 0.2) is 58.0 Å². The lowest BCUT2D eigenvalue weighted by atomic mass is 10.1. The Bertz CT molecular complexity index is 847. The molecule has 0 spiro atoms. The maximum atomic E-state index is 5.38. The van der Waals surface area contributed by atoms with Crippen molar-refractivity contribution < 1.29 is 4.52 Å². The Kier molecular flexibility index (Phi) is 3.38. The van der Waals surface area contributed by atoms with Crippen LogP contribution in [0.2, 0.25) is 0 Å². The summed E-state index contributed by atoms with van der Waals surface area (Å²) in [6.45, 7) is 3.79. The Labute approximate surface area is 134 Å². The molecule has 0 unspecified atom stereocenters. The maximum absolute atomic E-state index is 5.38. The molecule has 0 bridgehead atoms. The second-order valence-corrected chi connectivity index (χ2v) is 5.52. The number of aromatic nitrogens is 2. The number of amidine groups is 1. The molecule has 5 nitrogen and oxygen atoms in total. The van der Waals surface area contributed by atoms with Gasteiger partial charge in [-0.25, -0.2) is 0 Å². The molecule has 3 aromatic rings. The Morgan fingerprint density at radius 1 is 0.913 bits per heavy atom. The van der Waals surface area contributed by atoms with Crippen LogP contribution in [-0.2, 0) is 0 Å². The van der Waals surface area contributed by atoms with Gasteiger partial charge in [-0.2, -0.15) is 4.98 Å². The van der Waals surface area contributed by atoms with Gasteiger partial charge >= 0.3 is 0 Å². The number of aliphatic imine (C=N–C) groups is 1. The first-order valence-electron chi connectivity index (χ1n) is 7.59. The summed E-state index contributed by atoms with van der Waals surface area (Å²) in [6, 6.07) is 16.1. The number of nitrogens with zero attached hydrogens (tertiary/aromatic N) is 3. The average molecular weight is 304 g/mol. The largest absolute Gasteiger partial charge is 0.368 e. The van der Waals surface area contributed by atoms with Gasteiger partial charge in [0.1, 0.15) is 5.84 Å². The summed E-state index contributed by atoms with van der Waals surface area (Å²) in [5, 5.41) is 7.34.